The van der Waals surface area contributed by atoms with Crippen molar-refractivity contribution in [3.63, 3.8) is 0 Å². The Morgan fingerprint density at radius 2 is 1.73 bits per heavy atom. The second kappa shape index (κ2) is 10.3. The van der Waals surface area contributed by atoms with Crippen LogP contribution in [0.2, 0.25) is 0 Å². The minimum absolute atomic E-state index is 0.227. The highest BCUT2D eigenvalue weighted by Gasteiger charge is 2.23. The molecule has 2 aromatic carbocycles. The highest BCUT2D eigenvalue weighted by atomic mass is 32.1. The average molecular weight is 481 g/mol. The number of thiophene rings is 1. The lowest BCUT2D eigenvalue weighted by Crippen LogP contribution is -2.14. The van der Waals surface area contributed by atoms with E-state index in [4.69, 9.17) is 14.2 Å². The van der Waals surface area contributed by atoms with Crippen LogP contribution in [0.25, 0.3) is 11.1 Å². The van der Waals surface area contributed by atoms with Crippen LogP contribution in [0.3, 0.4) is 0 Å². The van der Waals surface area contributed by atoms with Gasteiger partial charge in [-0.05, 0) is 48.9 Å². The number of benzene rings is 2. The van der Waals surface area contributed by atoms with Gasteiger partial charge in [0.05, 0.1) is 13.7 Å². The van der Waals surface area contributed by atoms with Crippen LogP contribution in [0.4, 0.5) is 5.00 Å². The fourth-order valence-electron chi connectivity index (χ4n) is 3.05. The molecule has 0 saturated carbocycles. The topological polar surface area (TPSA) is 86.8 Å². The van der Waals surface area contributed by atoms with Gasteiger partial charge < -0.3 is 19.5 Å². The minimum Gasteiger partial charge on any atom is -0.497 e. The first kappa shape index (κ1) is 22.5. The number of thiazole rings is 1. The summed E-state index contributed by atoms with van der Waals surface area (Å²) in [7, 11) is 1.59. The minimum atomic E-state index is -0.493. The van der Waals surface area contributed by atoms with Crippen LogP contribution < -0.4 is 14.8 Å². The van der Waals surface area contributed by atoms with Crippen molar-refractivity contribution in [1.29, 1.82) is 0 Å². The van der Waals surface area contributed by atoms with E-state index < -0.39 is 5.97 Å². The summed E-state index contributed by atoms with van der Waals surface area (Å²) >= 11 is 2.65. The van der Waals surface area contributed by atoms with E-state index >= 15 is 0 Å². The lowest BCUT2D eigenvalue weighted by Gasteiger charge is -2.10. The first-order valence-corrected chi connectivity index (χ1v) is 11.8. The molecule has 0 unspecified atom stereocenters. The van der Waals surface area contributed by atoms with Crippen molar-refractivity contribution >= 4 is 39.6 Å². The molecule has 0 aliphatic rings. The van der Waals surface area contributed by atoms with Crippen molar-refractivity contribution in [2.45, 2.75) is 6.92 Å². The van der Waals surface area contributed by atoms with Crippen molar-refractivity contribution in [2.24, 2.45) is 0 Å². The maximum absolute atomic E-state index is 12.9. The van der Waals surface area contributed by atoms with Crippen LogP contribution in [0.15, 0.2) is 65.5 Å². The number of hydrogen-bond donors (Lipinski definition) is 1. The van der Waals surface area contributed by atoms with Crippen molar-refractivity contribution < 1.29 is 23.8 Å². The number of nitrogens with zero attached hydrogens (tertiary/aromatic N) is 1. The van der Waals surface area contributed by atoms with E-state index in [0.717, 1.165) is 5.56 Å². The number of carbonyl (C=O) groups excluding carboxylic acids is 2. The highest BCUT2D eigenvalue weighted by Crippen LogP contribution is 2.37. The molecule has 0 saturated heterocycles. The van der Waals surface area contributed by atoms with E-state index in [-0.39, 0.29) is 12.5 Å². The lowest BCUT2D eigenvalue weighted by molar-refractivity contribution is 0.0529. The molecule has 2 aromatic heterocycles. The van der Waals surface area contributed by atoms with Gasteiger partial charge >= 0.3 is 5.97 Å². The molecule has 4 rings (SSSR count). The summed E-state index contributed by atoms with van der Waals surface area (Å²) in [5.41, 5.74) is 2.25. The first-order valence-electron chi connectivity index (χ1n) is 10.0. The number of esters is 1. The van der Waals surface area contributed by atoms with Crippen LogP contribution in [0.5, 0.6) is 16.7 Å². The number of methoxy groups -OCH3 is 1. The smallest absolute Gasteiger partial charge is 0.341 e. The summed E-state index contributed by atoms with van der Waals surface area (Å²) in [6.07, 6.45) is 1.66. The Balaban J connectivity index is 1.57. The summed E-state index contributed by atoms with van der Waals surface area (Å²) in [5.74, 6) is 0.450. The monoisotopic (exact) mass is 480 g/mol. The molecular formula is C24H20N2O5S2. The summed E-state index contributed by atoms with van der Waals surface area (Å²) < 4.78 is 16.1. The second-order valence-corrected chi connectivity index (χ2v) is 8.42. The lowest BCUT2D eigenvalue weighted by atomic mass is 10.0. The molecule has 0 atom stereocenters. The number of aromatic nitrogens is 1. The molecule has 0 radical (unpaired) electrons. The van der Waals surface area contributed by atoms with E-state index in [1.165, 1.54) is 22.7 Å². The molecule has 0 spiro atoms. The zero-order valence-electron chi connectivity index (χ0n) is 17.9. The van der Waals surface area contributed by atoms with Crippen LogP contribution >= 0.6 is 22.7 Å². The van der Waals surface area contributed by atoms with Crippen LogP contribution in [-0.2, 0) is 4.74 Å². The maximum Gasteiger partial charge on any atom is 0.341 e. The van der Waals surface area contributed by atoms with Gasteiger partial charge in [-0.1, -0.05) is 23.5 Å². The summed E-state index contributed by atoms with van der Waals surface area (Å²) in [4.78, 5) is 29.7. The molecule has 0 fully saturated rings. The van der Waals surface area contributed by atoms with E-state index in [9.17, 15) is 9.59 Å². The fourth-order valence-corrected chi connectivity index (χ4v) is 4.51. The van der Waals surface area contributed by atoms with Gasteiger partial charge in [-0.3, -0.25) is 4.79 Å². The zero-order valence-corrected chi connectivity index (χ0v) is 19.5. The summed E-state index contributed by atoms with van der Waals surface area (Å²) in [6.45, 7) is 1.97. The third-order valence-electron chi connectivity index (χ3n) is 4.63. The molecular weight excluding hydrogens is 460 g/mol. The second-order valence-electron chi connectivity index (χ2n) is 6.68. The van der Waals surface area contributed by atoms with Gasteiger partial charge in [-0.15, -0.1) is 11.3 Å². The molecule has 1 N–H and O–H groups in total. The number of nitrogens with one attached hydrogen (secondary N) is 1. The third-order valence-corrected chi connectivity index (χ3v) is 6.17. The van der Waals surface area contributed by atoms with E-state index in [1.54, 1.807) is 44.5 Å². The van der Waals surface area contributed by atoms with Crippen LogP contribution in [0, 0.1) is 0 Å². The molecule has 0 aliphatic carbocycles. The summed E-state index contributed by atoms with van der Waals surface area (Å²) in [5, 5.41) is 7.44. The SMILES string of the molecule is CCOC(=O)c1c(-c2ccc(OC)cc2)csc1NC(=O)c1ccc(Oc2nccs2)cc1. The molecule has 2 heterocycles. The Morgan fingerprint density at radius 3 is 2.36 bits per heavy atom. The Bertz CT molecular complexity index is 1230. The number of ether oxygens (including phenoxy) is 3. The molecule has 9 heteroatoms. The quantitative estimate of drug-likeness (QED) is 0.307. The van der Waals surface area contributed by atoms with Crippen molar-refractivity contribution in [1.82, 2.24) is 4.98 Å². The molecule has 1 amide bonds. The predicted molar refractivity (Wildman–Crippen MR) is 129 cm³/mol. The van der Waals surface area contributed by atoms with Gasteiger partial charge in [0.1, 0.15) is 22.1 Å². The molecule has 0 bridgehead atoms. The van der Waals surface area contributed by atoms with Crippen molar-refractivity contribution in [3.05, 3.63) is 76.6 Å². The Morgan fingerprint density at radius 1 is 1.00 bits per heavy atom. The number of amides is 1. The molecule has 4 aromatic rings. The standard InChI is InChI=1S/C24H20N2O5S2/c1-3-30-23(28)20-19(15-4-8-17(29-2)9-5-15)14-33-22(20)26-21(27)16-6-10-18(11-7-16)31-24-25-12-13-32-24/h4-14H,3H2,1-2H3,(H,26,27). The van der Waals surface area contributed by atoms with E-state index in [1.807, 2.05) is 35.0 Å². The Labute approximate surface area is 198 Å². The van der Waals surface area contributed by atoms with Crippen LogP contribution in [0.1, 0.15) is 27.6 Å². The van der Waals surface area contributed by atoms with Gasteiger partial charge in [-0.2, -0.15) is 0 Å². The van der Waals surface area contributed by atoms with Gasteiger partial charge in [-0.25, -0.2) is 9.78 Å². The van der Waals surface area contributed by atoms with Crippen LogP contribution in [-0.4, -0.2) is 30.6 Å². The highest BCUT2D eigenvalue weighted by molar-refractivity contribution is 7.15. The molecule has 33 heavy (non-hydrogen) atoms. The summed E-state index contributed by atoms with van der Waals surface area (Å²) in [6, 6.07) is 14.0. The molecule has 0 aliphatic heterocycles. The number of hydrogen-bond acceptors (Lipinski definition) is 8. The predicted octanol–water partition coefficient (Wildman–Crippen LogP) is 6.10. The van der Waals surface area contributed by atoms with Crippen molar-refractivity contribution in [3.8, 4) is 27.8 Å². The van der Waals surface area contributed by atoms with Crippen molar-refractivity contribution in [2.75, 3.05) is 19.0 Å². The average Bonchev–Trinajstić information content (AvgIpc) is 3.50. The Hall–Kier alpha value is -3.69. The first-order chi connectivity index (χ1) is 16.1. The number of rotatable bonds is 8. The van der Waals surface area contributed by atoms with Gasteiger partial charge in [0, 0.05) is 28.1 Å². The normalized spacial score (nSPS) is 10.5. The Kier molecular flexibility index (Phi) is 7.01. The van der Waals surface area contributed by atoms with Gasteiger partial charge in [0.15, 0.2) is 0 Å². The fraction of sp³-hybridized carbons (Fsp3) is 0.125. The van der Waals surface area contributed by atoms with E-state index in [0.29, 0.717) is 38.4 Å². The van der Waals surface area contributed by atoms with Gasteiger partial charge in [0.25, 0.3) is 11.1 Å². The maximum atomic E-state index is 12.9. The third kappa shape index (κ3) is 5.21. The number of carbonyl (C=O) groups is 2. The largest absolute Gasteiger partial charge is 0.497 e. The zero-order chi connectivity index (χ0) is 23.2. The van der Waals surface area contributed by atoms with Gasteiger partial charge in [0.2, 0.25) is 0 Å². The van der Waals surface area contributed by atoms with E-state index in [2.05, 4.69) is 10.3 Å². The number of anilines is 1. The molecule has 168 valence electrons. The molecule has 7 nitrogen and oxygen atoms in total.